The molecule has 1 saturated carbocycles. The lowest BCUT2D eigenvalue weighted by Crippen LogP contribution is -2.36. The fourth-order valence-electron chi connectivity index (χ4n) is 1.78. The molecule has 12 heavy (non-hydrogen) atoms. The molecule has 1 rings (SSSR count). The number of carbonyl (C=O) groups excluding carboxylic acids is 1. The van der Waals surface area contributed by atoms with Crippen LogP contribution >= 0.6 is 0 Å². The van der Waals surface area contributed by atoms with Gasteiger partial charge >= 0.3 is 0 Å². The highest BCUT2D eigenvalue weighted by Crippen LogP contribution is 2.44. The number of hydrogen-bond acceptors (Lipinski definition) is 1. The monoisotopic (exact) mass is 166 g/mol. The highest BCUT2D eigenvalue weighted by atomic mass is 16.1. The SMILES string of the molecule is CCC=CC(=O)C1(CC)CCC1. The molecule has 0 bridgehead atoms. The van der Waals surface area contributed by atoms with Crippen LogP contribution in [0.3, 0.4) is 0 Å². The van der Waals surface area contributed by atoms with Crippen molar-refractivity contribution in [2.24, 2.45) is 5.41 Å². The minimum Gasteiger partial charge on any atom is -0.294 e. The van der Waals surface area contributed by atoms with E-state index in [1.165, 1.54) is 6.42 Å². The maximum atomic E-state index is 11.7. The van der Waals surface area contributed by atoms with E-state index >= 15 is 0 Å². The van der Waals surface area contributed by atoms with E-state index in [0.29, 0.717) is 5.78 Å². The van der Waals surface area contributed by atoms with Crippen molar-refractivity contribution >= 4 is 5.78 Å². The quantitative estimate of drug-likeness (QED) is 0.586. The Balaban J connectivity index is 2.54. The average molecular weight is 166 g/mol. The zero-order valence-electron chi connectivity index (χ0n) is 8.10. The van der Waals surface area contributed by atoms with Gasteiger partial charge < -0.3 is 0 Å². The van der Waals surface area contributed by atoms with Crippen molar-refractivity contribution in [1.82, 2.24) is 0 Å². The summed E-state index contributed by atoms with van der Waals surface area (Å²) in [6, 6.07) is 0. The Morgan fingerprint density at radius 2 is 2.08 bits per heavy atom. The molecule has 0 radical (unpaired) electrons. The normalized spacial score (nSPS) is 20.8. The Morgan fingerprint density at radius 3 is 2.42 bits per heavy atom. The molecule has 0 aromatic carbocycles. The molecule has 0 heterocycles. The first-order valence-electron chi connectivity index (χ1n) is 4.96. The van der Waals surface area contributed by atoms with Gasteiger partial charge in [-0.15, -0.1) is 0 Å². The Kier molecular flexibility index (Phi) is 3.07. The van der Waals surface area contributed by atoms with E-state index < -0.39 is 0 Å². The van der Waals surface area contributed by atoms with Crippen LogP contribution in [0.15, 0.2) is 12.2 Å². The minimum atomic E-state index is 0.0473. The van der Waals surface area contributed by atoms with Crippen LogP contribution in [-0.2, 0) is 4.79 Å². The third-order valence-corrected chi connectivity index (χ3v) is 3.02. The molecule has 0 unspecified atom stereocenters. The Labute approximate surface area is 74.9 Å². The maximum Gasteiger partial charge on any atom is 0.161 e. The highest BCUT2D eigenvalue weighted by molar-refractivity contribution is 5.95. The summed E-state index contributed by atoms with van der Waals surface area (Å²) in [7, 11) is 0. The van der Waals surface area contributed by atoms with Crippen LogP contribution in [0.25, 0.3) is 0 Å². The molecule has 0 aliphatic heterocycles. The second-order valence-corrected chi connectivity index (χ2v) is 3.66. The van der Waals surface area contributed by atoms with E-state index in [0.717, 1.165) is 25.7 Å². The summed E-state index contributed by atoms with van der Waals surface area (Å²) in [6.07, 6.45) is 9.18. The predicted molar refractivity (Wildman–Crippen MR) is 51.0 cm³/mol. The summed E-state index contributed by atoms with van der Waals surface area (Å²) in [4.78, 5) is 11.7. The molecule has 0 N–H and O–H groups in total. The summed E-state index contributed by atoms with van der Waals surface area (Å²) < 4.78 is 0. The molecule has 1 aliphatic carbocycles. The number of allylic oxidation sites excluding steroid dienone is 2. The first-order chi connectivity index (χ1) is 5.75. The number of ketones is 1. The van der Waals surface area contributed by atoms with Gasteiger partial charge in [0.2, 0.25) is 0 Å². The van der Waals surface area contributed by atoms with Gasteiger partial charge in [0.05, 0.1) is 0 Å². The van der Waals surface area contributed by atoms with Crippen molar-refractivity contribution in [1.29, 1.82) is 0 Å². The van der Waals surface area contributed by atoms with Crippen LogP contribution in [0.2, 0.25) is 0 Å². The molecule has 68 valence electrons. The molecular formula is C11H18O. The molecular weight excluding hydrogens is 148 g/mol. The Morgan fingerprint density at radius 1 is 1.42 bits per heavy atom. The predicted octanol–water partition coefficient (Wildman–Crippen LogP) is 3.10. The number of rotatable bonds is 4. The van der Waals surface area contributed by atoms with Crippen LogP contribution in [0.1, 0.15) is 46.0 Å². The Bertz CT molecular complexity index is 182. The molecule has 0 saturated heterocycles. The molecule has 0 spiro atoms. The van der Waals surface area contributed by atoms with E-state index in [1.807, 2.05) is 6.08 Å². The lowest BCUT2D eigenvalue weighted by Gasteiger charge is -2.38. The van der Waals surface area contributed by atoms with Gasteiger partial charge in [-0.3, -0.25) is 4.79 Å². The highest BCUT2D eigenvalue weighted by Gasteiger charge is 2.40. The van der Waals surface area contributed by atoms with Crippen LogP contribution in [-0.4, -0.2) is 5.78 Å². The van der Waals surface area contributed by atoms with Crippen LogP contribution in [0, 0.1) is 5.41 Å². The third-order valence-electron chi connectivity index (χ3n) is 3.02. The molecule has 1 nitrogen and oxygen atoms in total. The summed E-state index contributed by atoms with van der Waals surface area (Å²) in [5.41, 5.74) is 0.0473. The topological polar surface area (TPSA) is 17.1 Å². The zero-order chi connectivity index (χ0) is 9.03. The first kappa shape index (κ1) is 9.50. The average Bonchev–Trinajstić information content (AvgIpc) is 2.00. The summed E-state index contributed by atoms with van der Waals surface area (Å²) in [6.45, 7) is 4.18. The fourth-order valence-corrected chi connectivity index (χ4v) is 1.78. The van der Waals surface area contributed by atoms with Crippen molar-refractivity contribution < 1.29 is 4.79 Å². The van der Waals surface area contributed by atoms with Gasteiger partial charge in [0.1, 0.15) is 0 Å². The molecule has 0 aromatic rings. The van der Waals surface area contributed by atoms with Crippen molar-refractivity contribution in [3.63, 3.8) is 0 Å². The van der Waals surface area contributed by atoms with Crippen molar-refractivity contribution in [2.45, 2.75) is 46.0 Å². The van der Waals surface area contributed by atoms with E-state index in [2.05, 4.69) is 13.8 Å². The molecule has 1 heteroatoms. The largest absolute Gasteiger partial charge is 0.294 e. The van der Waals surface area contributed by atoms with Gasteiger partial charge in [0.15, 0.2) is 5.78 Å². The number of carbonyl (C=O) groups is 1. The van der Waals surface area contributed by atoms with Gasteiger partial charge in [-0.25, -0.2) is 0 Å². The molecule has 1 aliphatic rings. The van der Waals surface area contributed by atoms with Crippen molar-refractivity contribution in [3.8, 4) is 0 Å². The van der Waals surface area contributed by atoms with Crippen LogP contribution in [0.4, 0.5) is 0 Å². The zero-order valence-corrected chi connectivity index (χ0v) is 8.10. The summed E-state index contributed by atoms with van der Waals surface area (Å²) >= 11 is 0. The van der Waals surface area contributed by atoms with Gasteiger partial charge in [0.25, 0.3) is 0 Å². The Hall–Kier alpha value is -0.590. The number of hydrogen-bond donors (Lipinski definition) is 0. The van der Waals surface area contributed by atoms with E-state index in [9.17, 15) is 4.79 Å². The van der Waals surface area contributed by atoms with Gasteiger partial charge in [-0.1, -0.05) is 26.3 Å². The second-order valence-electron chi connectivity index (χ2n) is 3.66. The van der Waals surface area contributed by atoms with Crippen LogP contribution in [0.5, 0.6) is 0 Å². The molecule has 0 amide bonds. The van der Waals surface area contributed by atoms with Gasteiger partial charge in [-0.2, -0.15) is 0 Å². The minimum absolute atomic E-state index is 0.0473. The second kappa shape index (κ2) is 3.88. The molecule has 0 aromatic heterocycles. The smallest absolute Gasteiger partial charge is 0.161 e. The van der Waals surface area contributed by atoms with Gasteiger partial charge in [-0.05, 0) is 31.8 Å². The van der Waals surface area contributed by atoms with Crippen LogP contribution < -0.4 is 0 Å². The van der Waals surface area contributed by atoms with Crippen molar-refractivity contribution in [3.05, 3.63) is 12.2 Å². The maximum absolute atomic E-state index is 11.7. The van der Waals surface area contributed by atoms with E-state index in [-0.39, 0.29) is 5.41 Å². The van der Waals surface area contributed by atoms with E-state index in [4.69, 9.17) is 0 Å². The standard InChI is InChI=1S/C11H18O/c1-3-5-7-10(12)11(4-2)8-6-9-11/h5,7H,3-4,6,8-9H2,1-2H3. The van der Waals surface area contributed by atoms with E-state index in [1.54, 1.807) is 6.08 Å². The lowest BCUT2D eigenvalue weighted by molar-refractivity contribution is -0.128. The van der Waals surface area contributed by atoms with Gasteiger partial charge in [0, 0.05) is 5.41 Å². The lowest BCUT2D eigenvalue weighted by atomic mass is 9.64. The molecule has 0 atom stereocenters. The first-order valence-corrected chi connectivity index (χ1v) is 4.96. The summed E-state index contributed by atoms with van der Waals surface area (Å²) in [5.74, 6) is 0.359. The fraction of sp³-hybridized carbons (Fsp3) is 0.727. The third kappa shape index (κ3) is 1.60. The summed E-state index contributed by atoms with van der Waals surface area (Å²) in [5, 5.41) is 0. The molecule has 1 fully saturated rings. The van der Waals surface area contributed by atoms with Crippen molar-refractivity contribution in [2.75, 3.05) is 0 Å².